The van der Waals surface area contributed by atoms with Gasteiger partial charge >= 0.3 is 0 Å². The maximum Gasteiger partial charge on any atom is 0.199 e. The zero-order chi connectivity index (χ0) is 21.6. The minimum atomic E-state index is 0.180. The number of hydrogen-bond donors (Lipinski definition) is 3. The van der Waals surface area contributed by atoms with Crippen molar-refractivity contribution in [3.63, 3.8) is 0 Å². The van der Waals surface area contributed by atoms with Gasteiger partial charge in [0.1, 0.15) is 5.82 Å². The molecule has 0 amide bonds. The molecule has 154 valence electrons. The van der Waals surface area contributed by atoms with Gasteiger partial charge in [0.05, 0.1) is 26.6 Å². The van der Waals surface area contributed by atoms with Crippen molar-refractivity contribution in [1.82, 2.24) is 15.2 Å². The summed E-state index contributed by atoms with van der Waals surface area (Å²) in [5.41, 5.74) is 9.34. The number of hydrogen-bond acceptors (Lipinski definition) is 5. The Hall–Kier alpha value is -3.49. The van der Waals surface area contributed by atoms with Gasteiger partial charge in [-0.1, -0.05) is 54.1 Å². The Labute approximate surface area is 192 Å². The fourth-order valence-electron chi connectivity index (χ4n) is 2.77. The van der Waals surface area contributed by atoms with Crippen LogP contribution in [0.1, 0.15) is 0 Å². The van der Waals surface area contributed by atoms with E-state index in [1.807, 2.05) is 60.7 Å². The van der Waals surface area contributed by atoms with Crippen molar-refractivity contribution < 1.29 is 0 Å². The van der Waals surface area contributed by atoms with Gasteiger partial charge < -0.3 is 16.4 Å². The second-order valence-electron chi connectivity index (χ2n) is 6.42. The lowest BCUT2D eigenvalue weighted by atomic mass is 10.1. The van der Waals surface area contributed by atoms with Crippen LogP contribution in [-0.4, -0.2) is 21.1 Å². The topological polar surface area (TPSA) is 101 Å². The van der Waals surface area contributed by atoms with Gasteiger partial charge in [0, 0.05) is 11.8 Å². The third-order valence-electron chi connectivity index (χ3n) is 4.21. The Bertz CT molecular complexity index is 1210. The van der Waals surface area contributed by atoms with E-state index < -0.39 is 0 Å². The monoisotopic (exact) mass is 493 g/mol. The standard InChI is InChI=1S/C22H17BrClN7/c23-16-12-15(24)13-26-21(16)27-18-8-4-5-9-19(18)28-22(25)29-20-11-10-17(30-31-20)14-6-2-1-3-7-14/h1-13H,(H,26,27)(H3,25,28,29,31). The molecule has 9 heteroatoms. The third-order valence-corrected chi connectivity index (χ3v) is 5.02. The summed E-state index contributed by atoms with van der Waals surface area (Å²) < 4.78 is 0.741. The maximum absolute atomic E-state index is 6.10. The SMILES string of the molecule is NC(=Nc1ccc(-c2ccccc2)nn1)Nc1ccccc1Nc1ncc(Cl)cc1Br. The predicted molar refractivity (Wildman–Crippen MR) is 129 cm³/mol. The minimum Gasteiger partial charge on any atom is -0.369 e. The number of halogens is 2. The van der Waals surface area contributed by atoms with Crippen molar-refractivity contribution in [3.8, 4) is 11.3 Å². The molecule has 0 aliphatic rings. The van der Waals surface area contributed by atoms with Crippen LogP contribution in [0.25, 0.3) is 11.3 Å². The molecule has 4 rings (SSSR count). The number of para-hydroxylation sites is 2. The van der Waals surface area contributed by atoms with E-state index in [9.17, 15) is 0 Å². The van der Waals surface area contributed by atoms with Crippen molar-refractivity contribution in [2.75, 3.05) is 10.6 Å². The Kier molecular flexibility index (Phi) is 6.40. The molecule has 4 aromatic rings. The van der Waals surface area contributed by atoms with Crippen LogP contribution < -0.4 is 16.4 Å². The van der Waals surface area contributed by atoms with Crippen LogP contribution in [0, 0.1) is 0 Å². The fourth-order valence-corrected chi connectivity index (χ4v) is 3.51. The summed E-state index contributed by atoms with van der Waals surface area (Å²) in [5, 5.41) is 15.2. The number of rotatable bonds is 5. The number of aromatic nitrogens is 3. The van der Waals surface area contributed by atoms with Gasteiger partial charge in [0.25, 0.3) is 0 Å². The zero-order valence-electron chi connectivity index (χ0n) is 16.1. The van der Waals surface area contributed by atoms with E-state index in [1.165, 1.54) is 0 Å². The van der Waals surface area contributed by atoms with Gasteiger partial charge in [-0.15, -0.1) is 10.2 Å². The predicted octanol–water partition coefficient (Wildman–Crippen LogP) is 5.76. The van der Waals surface area contributed by atoms with E-state index in [0.717, 1.165) is 27.1 Å². The Morgan fingerprint density at radius 2 is 1.68 bits per heavy atom. The van der Waals surface area contributed by atoms with E-state index in [-0.39, 0.29) is 5.96 Å². The number of benzene rings is 2. The number of nitrogens with zero attached hydrogens (tertiary/aromatic N) is 4. The van der Waals surface area contributed by atoms with E-state index in [4.69, 9.17) is 17.3 Å². The first-order valence-corrected chi connectivity index (χ1v) is 10.4. The summed E-state index contributed by atoms with van der Waals surface area (Å²) in [5.74, 6) is 1.20. The van der Waals surface area contributed by atoms with Crippen molar-refractivity contribution in [2.45, 2.75) is 0 Å². The Morgan fingerprint density at radius 3 is 2.39 bits per heavy atom. The fraction of sp³-hybridized carbons (Fsp3) is 0. The normalized spacial score (nSPS) is 11.2. The quantitative estimate of drug-likeness (QED) is 0.241. The van der Waals surface area contributed by atoms with Gasteiger partial charge in [0.15, 0.2) is 11.8 Å². The van der Waals surface area contributed by atoms with Crippen molar-refractivity contribution in [3.05, 3.63) is 88.5 Å². The van der Waals surface area contributed by atoms with Crippen LogP contribution in [0.2, 0.25) is 5.02 Å². The highest BCUT2D eigenvalue weighted by molar-refractivity contribution is 9.10. The van der Waals surface area contributed by atoms with Crippen molar-refractivity contribution in [2.24, 2.45) is 10.7 Å². The number of anilines is 3. The molecular weight excluding hydrogens is 478 g/mol. The molecule has 0 bridgehead atoms. The minimum absolute atomic E-state index is 0.180. The molecule has 0 saturated carbocycles. The second-order valence-corrected chi connectivity index (χ2v) is 7.71. The highest BCUT2D eigenvalue weighted by Crippen LogP contribution is 2.30. The zero-order valence-corrected chi connectivity index (χ0v) is 18.5. The molecular formula is C22H17BrClN7. The summed E-state index contributed by atoms with van der Waals surface area (Å²) in [6.07, 6.45) is 1.57. The lowest BCUT2D eigenvalue weighted by molar-refractivity contribution is 1.03. The van der Waals surface area contributed by atoms with Crippen LogP contribution in [0.15, 0.2) is 88.5 Å². The van der Waals surface area contributed by atoms with Crippen molar-refractivity contribution >= 4 is 56.5 Å². The molecule has 0 aliphatic heterocycles. The molecule has 4 N–H and O–H groups in total. The first-order chi connectivity index (χ1) is 15.1. The number of pyridine rings is 1. The summed E-state index contributed by atoms with van der Waals surface area (Å²) in [6.45, 7) is 0. The molecule has 0 aliphatic carbocycles. The highest BCUT2D eigenvalue weighted by atomic mass is 79.9. The van der Waals surface area contributed by atoms with Crippen LogP contribution in [-0.2, 0) is 0 Å². The van der Waals surface area contributed by atoms with Crippen LogP contribution >= 0.6 is 27.5 Å². The Balaban J connectivity index is 1.51. The molecule has 0 fully saturated rings. The number of nitrogens with two attached hydrogens (primary N) is 1. The Morgan fingerprint density at radius 1 is 0.935 bits per heavy atom. The van der Waals surface area contributed by atoms with Crippen molar-refractivity contribution in [1.29, 1.82) is 0 Å². The van der Waals surface area contributed by atoms with Crippen LogP contribution in [0.4, 0.5) is 23.0 Å². The molecule has 7 nitrogen and oxygen atoms in total. The van der Waals surface area contributed by atoms with Gasteiger partial charge in [-0.05, 0) is 46.3 Å². The van der Waals surface area contributed by atoms with Gasteiger partial charge in [-0.25, -0.2) is 4.98 Å². The smallest absolute Gasteiger partial charge is 0.199 e. The molecule has 2 aromatic carbocycles. The molecule has 2 aromatic heterocycles. The van der Waals surface area contributed by atoms with E-state index in [1.54, 1.807) is 18.3 Å². The number of aliphatic imine (C=N–C) groups is 1. The molecule has 0 atom stereocenters. The summed E-state index contributed by atoms with van der Waals surface area (Å²) in [7, 11) is 0. The van der Waals surface area contributed by atoms with Crippen LogP contribution in [0.3, 0.4) is 0 Å². The molecule has 2 heterocycles. The summed E-state index contributed by atoms with van der Waals surface area (Å²) in [4.78, 5) is 8.60. The maximum atomic E-state index is 6.10. The van der Waals surface area contributed by atoms with E-state index in [0.29, 0.717) is 16.7 Å². The third kappa shape index (κ3) is 5.36. The lowest BCUT2D eigenvalue weighted by Crippen LogP contribution is -2.22. The van der Waals surface area contributed by atoms with E-state index >= 15 is 0 Å². The molecule has 0 unspecified atom stereocenters. The highest BCUT2D eigenvalue weighted by Gasteiger charge is 2.08. The van der Waals surface area contributed by atoms with Gasteiger partial charge in [-0.3, -0.25) is 0 Å². The molecule has 31 heavy (non-hydrogen) atoms. The van der Waals surface area contributed by atoms with E-state index in [2.05, 4.69) is 46.7 Å². The summed E-state index contributed by atoms with van der Waals surface area (Å²) in [6, 6.07) is 22.8. The average Bonchev–Trinajstić information content (AvgIpc) is 2.78. The molecule has 0 spiro atoms. The molecule has 0 radical (unpaired) electrons. The first kappa shape index (κ1) is 20.8. The number of nitrogens with one attached hydrogen (secondary N) is 2. The van der Waals surface area contributed by atoms with Gasteiger partial charge in [-0.2, -0.15) is 4.99 Å². The molecule has 0 saturated heterocycles. The van der Waals surface area contributed by atoms with Gasteiger partial charge in [0.2, 0.25) is 0 Å². The first-order valence-electron chi connectivity index (χ1n) is 9.26. The average molecular weight is 495 g/mol. The number of guanidine groups is 1. The summed E-state index contributed by atoms with van der Waals surface area (Å²) >= 11 is 9.42. The second kappa shape index (κ2) is 9.55. The largest absolute Gasteiger partial charge is 0.369 e. The lowest BCUT2D eigenvalue weighted by Gasteiger charge is -2.13. The van der Waals surface area contributed by atoms with Crippen LogP contribution in [0.5, 0.6) is 0 Å².